The fourth-order valence-corrected chi connectivity index (χ4v) is 8.33. The zero-order valence-electron chi connectivity index (χ0n) is 17.0. The second-order valence-electron chi connectivity index (χ2n) is 10.6. The van der Waals surface area contributed by atoms with E-state index in [0.29, 0.717) is 32.1 Å². The minimum Gasteiger partial charge on any atom is -0.458 e. The number of carbonyl (C=O) groups excluding carboxylic acids is 2. The Morgan fingerprint density at radius 3 is 2.59 bits per heavy atom. The summed E-state index contributed by atoms with van der Waals surface area (Å²) in [6.45, 7) is 2.30. The SMILES string of the molecule is C[C@]12CC[C@H]3[C@H](CC[C@H]4C[C@@H](O)CC[C@@]43C=O)[C@@]1(O)[C@H](O)C[C@@H]2C1=CC(=O)OC1. The zero-order valence-corrected chi connectivity index (χ0v) is 17.0. The van der Waals surface area contributed by atoms with Gasteiger partial charge in [0.05, 0.1) is 17.8 Å². The highest BCUT2D eigenvalue weighted by molar-refractivity contribution is 5.85. The quantitative estimate of drug-likeness (QED) is 0.479. The molecule has 4 fully saturated rings. The summed E-state index contributed by atoms with van der Waals surface area (Å²) in [4.78, 5) is 24.1. The maximum atomic E-state index is 12.5. The van der Waals surface area contributed by atoms with E-state index in [1.54, 1.807) is 0 Å². The smallest absolute Gasteiger partial charge is 0.331 e. The first-order valence-corrected chi connectivity index (χ1v) is 11.2. The molecule has 3 N–H and O–H groups in total. The number of hydrogen-bond donors (Lipinski definition) is 3. The molecule has 160 valence electrons. The average Bonchev–Trinajstić information content (AvgIpc) is 3.21. The van der Waals surface area contributed by atoms with Gasteiger partial charge in [0.15, 0.2) is 0 Å². The minimum atomic E-state index is -1.27. The van der Waals surface area contributed by atoms with E-state index in [2.05, 4.69) is 6.92 Å². The van der Waals surface area contributed by atoms with Crippen LogP contribution in [-0.4, -0.2) is 52.0 Å². The van der Waals surface area contributed by atoms with Crippen LogP contribution < -0.4 is 0 Å². The number of hydrogen-bond acceptors (Lipinski definition) is 6. The highest BCUT2D eigenvalue weighted by atomic mass is 16.5. The van der Waals surface area contributed by atoms with E-state index in [4.69, 9.17) is 4.74 Å². The molecule has 1 heterocycles. The molecule has 0 bridgehead atoms. The number of aliphatic hydroxyl groups is 3. The van der Waals surface area contributed by atoms with Crippen LogP contribution in [0.2, 0.25) is 0 Å². The van der Waals surface area contributed by atoms with Crippen LogP contribution in [0.4, 0.5) is 0 Å². The maximum Gasteiger partial charge on any atom is 0.331 e. The van der Waals surface area contributed by atoms with E-state index in [1.165, 1.54) is 6.08 Å². The molecule has 6 heteroatoms. The summed E-state index contributed by atoms with van der Waals surface area (Å²) in [6.07, 6.45) is 6.94. The third-order valence-corrected chi connectivity index (χ3v) is 9.77. The molecule has 0 aromatic heterocycles. The molecular weight excluding hydrogens is 372 g/mol. The van der Waals surface area contributed by atoms with Crippen molar-refractivity contribution in [3.8, 4) is 0 Å². The van der Waals surface area contributed by atoms with Gasteiger partial charge in [-0.15, -0.1) is 0 Å². The molecule has 5 rings (SSSR count). The molecule has 29 heavy (non-hydrogen) atoms. The van der Waals surface area contributed by atoms with Crippen LogP contribution in [0.1, 0.15) is 58.3 Å². The molecule has 0 radical (unpaired) electrons. The maximum absolute atomic E-state index is 12.5. The number of aldehydes is 1. The van der Waals surface area contributed by atoms with E-state index in [0.717, 1.165) is 31.1 Å². The summed E-state index contributed by atoms with van der Waals surface area (Å²) in [5.74, 6) is -0.378. The van der Waals surface area contributed by atoms with Gasteiger partial charge in [0.1, 0.15) is 12.9 Å². The molecular formula is C23H32O6. The van der Waals surface area contributed by atoms with Gasteiger partial charge in [-0.1, -0.05) is 6.92 Å². The fourth-order valence-electron chi connectivity index (χ4n) is 8.33. The third kappa shape index (κ3) is 2.40. The molecule has 5 aliphatic rings. The fraction of sp³-hybridized carbons (Fsp3) is 0.826. The number of esters is 1. The summed E-state index contributed by atoms with van der Waals surface area (Å²) in [5.41, 5.74) is -1.43. The number of fused-ring (bicyclic) bond motifs is 5. The van der Waals surface area contributed by atoms with Crippen molar-refractivity contribution in [1.82, 2.24) is 0 Å². The monoisotopic (exact) mass is 404 g/mol. The van der Waals surface area contributed by atoms with Crippen LogP contribution in [0, 0.1) is 34.5 Å². The van der Waals surface area contributed by atoms with Gasteiger partial charge in [-0.2, -0.15) is 0 Å². The first-order valence-electron chi connectivity index (χ1n) is 11.2. The lowest BCUT2D eigenvalue weighted by Gasteiger charge is -2.63. The van der Waals surface area contributed by atoms with Crippen LogP contribution in [-0.2, 0) is 14.3 Å². The van der Waals surface area contributed by atoms with Crippen LogP contribution in [0.25, 0.3) is 0 Å². The Morgan fingerprint density at radius 1 is 1.10 bits per heavy atom. The number of cyclic esters (lactones) is 1. The summed E-state index contributed by atoms with van der Waals surface area (Å²) >= 11 is 0. The lowest BCUT2D eigenvalue weighted by atomic mass is 9.43. The molecule has 4 aliphatic carbocycles. The second-order valence-corrected chi connectivity index (χ2v) is 10.6. The molecule has 0 unspecified atom stereocenters. The summed E-state index contributed by atoms with van der Waals surface area (Å²) in [5, 5.41) is 33.4. The van der Waals surface area contributed by atoms with Crippen molar-refractivity contribution in [2.24, 2.45) is 34.5 Å². The van der Waals surface area contributed by atoms with E-state index in [-0.39, 0.29) is 42.4 Å². The Hall–Kier alpha value is -1.24. The molecule has 0 aromatic carbocycles. The molecule has 0 aromatic rings. The van der Waals surface area contributed by atoms with Crippen LogP contribution >= 0.6 is 0 Å². The van der Waals surface area contributed by atoms with E-state index in [9.17, 15) is 24.9 Å². The number of ether oxygens (including phenoxy) is 1. The lowest BCUT2D eigenvalue weighted by Crippen LogP contribution is -2.66. The van der Waals surface area contributed by atoms with Crippen LogP contribution in [0.3, 0.4) is 0 Å². The van der Waals surface area contributed by atoms with Gasteiger partial charge < -0.3 is 24.9 Å². The number of rotatable bonds is 2. The standard InChI is InChI=1S/C23H32O6/c1-21-6-5-16-17(3-2-14-9-15(25)4-7-22(14,16)12-24)23(21,28)19(26)10-18(21)13-8-20(27)29-11-13/h8,12,14-19,25-26,28H,2-7,9-11H2,1H3/t14-,15-,16-,17-,18+,19+,21+,22+,23+/m0/s1. The van der Waals surface area contributed by atoms with Crippen molar-refractivity contribution < 1.29 is 29.6 Å². The minimum absolute atomic E-state index is 0.0353. The highest BCUT2D eigenvalue weighted by Gasteiger charge is 2.71. The van der Waals surface area contributed by atoms with E-state index < -0.39 is 22.5 Å². The second kappa shape index (κ2) is 6.38. The van der Waals surface area contributed by atoms with Gasteiger partial charge in [0.25, 0.3) is 0 Å². The Kier molecular flexibility index (Phi) is 4.34. The topological polar surface area (TPSA) is 104 Å². The lowest BCUT2D eigenvalue weighted by molar-refractivity contribution is -0.232. The predicted octanol–water partition coefficient (Wildman–Crippen LogP) is 1.75. The van der Waals surface area contributed by atoms with Gasteiger partial charge in [-0.3, -0.25) is 0 Å². The summed E-state index contributed by atoms with van der Waals surface area (Å²) in [6, 6.07) is 0. The molecule has 0 spiro atoms. The molecule has 6 nitrogen and oxygen atoms in total. The van der Waals surface area contributed by atoms with Crippen molar-refractivity contribution in [1.29, 1.82) is 0 Å². The number of aliphatic hydroxyl groups excluding tert-OH is 2. The van der Waals surface area contributed by atoms with E-state index >= 15 is 0 Å². The predicted molar refractivity (Wildman–Crippen MR) is 104 cm³/mol. The molecule has 9 atom stereocenters. The molecule has 0 amide bonds. The first-order chi connectivity index (χ1) is 13.8. The highest BCUT2D eigenvalue weighted by Crippen LogP contribution is 2.69. The Bertz CT molecular complexity index is 762. The van der Waals surface area contributed by atoms with E-state index in [1.807, 2.05) is 0 Å². The summed E-state index contributed by atoms with van der Waals surface area (Å²) < 4.78 is 5.13. The van der Waals surface area contributed by atoms with Gasteiger partial charge in [-0.05, 0) is 80.6 Å². The van der Waals surface area contributed by atoms with Crippen LogP contribution in [0.5, 0.6) is 0 Å². The van der Waals surface area contributed by atoms with Crippen molar-refractivity contribution in [3.63, 3.8) is 0 Å². The van der Waals surface area contributed by atoms with Crippen LogP contribution in [0.15, 0.2) is 11.6 Å². The van der Waals surface area contributed by atoms with Crippen molar-refractivity contribution in [2.45, 2.75) is 76.1 Å². The Labute approximate surface area is 171 Å². The van der Waals surface area contributed by atoms with Gasteiger partial charge in [-0.25, -0.2) is 4.79 Å². The normalized spacial score (nSPS) is 54.1. The molecule has 1 aliphatic heterocycles. The Balaban J connectivity index is 1.53. The average molecular weight is 405 g/mol. The van der Waals surface area contributed by atoms with Gasteiger partial charge in [0.2, 0.25) is 0 Å². The number of carbonyl (C=O) groups is 2. The van der Waals surface area contributed by atoms with Crippen molar-refractivity contribution in [2.75, 3.05) is 6.61 Å². The molecule has 4 saturated carbocycles. The van der Waals surface area contributed by atoms with Gasteiger partial charge in [0, 0.05) is 16.9 Å². The third-order valence-electron chi connectivity index (χ3n) is 9.77. The van der Waals surface area contributed by atoms with Gasteiger partial charge >= 0.3 is 5.97 Å². The largest absolute Gasteiger partial charge is 0.458 e. The molecule has 0 saturated heterocycles. The Morgan fingerprint density at radius 2 is 1.90 bits per heavy atom. The summed E-state index contributed by atoms with van der Waals surface area (Å²) in [7, 11) is 0. The zero-order chi connectivity index (χ0) is 20.6. The first kappa shape index (κ1) is 19.7. The van der Waals surface area contributed by atoms with Crippen molar-refractivity contribution >= 4 is 12.3 Å². The van der Waals surface area contributed by atoms with Crippen molar-refractivity contribution in [3.05, 3.63) is 11.6 Å².